The molecule has 2 bridgehead atoms. The maximum atomic E-state index is 12.1. The molecule has 2 atom stereocenters. The predicted octanol–water partition coefficient (Wildman–Crippen LogP) is 1.26. The topological polar surface area (TPSA) is 71.7 Å². The van der Waals surface area contributed by atoms with Crippen molar-refractivity contribution in [3.8, 4) is 0 Å². The summed E-state index contributed by atoms with van der Waals surface area (Å²) in [4.78, 5) is 4.22. The molecular weight excluding hydrogens is 276 g/mol. The Morgan fingerprint density at radius 2 is 1.95 bits per heavy atom. The highest BCUT2D eigenvalue weighted by Gasteiger charge is 2.53. The van der Waals surface area contributed by atoms with Gasteiger partial charge in [-0.25, -0.2) is 13.4 Å². The lowest BCUT2D eigenvalue weighted by molar-refractivity contribution is 0.0173. The molecule has 5 nitrogen and oxygen atoms in total. The summed E-state index contributed by atoms with van der Waals surface area (Å²) in [5.74, 6) is 0. The van der Waals surface area contributed by atoms with E-state index in [1.54, 1.807) is 6.20 Å². The molecule has 4 rings (SSSR count). The first-order valence-electron chi connectivity index (χ1n) is 6.87. The van der Waals surface area contributed by atoms with Gasteiger partial charge in [0.15, 0.2) is 9.84 Å². The quantitative estimate of drug-likeness (QED) is 0.859. The second-order valence-electron chi connectivity index (χ2n) is 5.96. The third-order valence-electron chi connectivity index (χ3n) is 4.81. The van der Waals surface area contributed by atoms with Crippen molar-refractivity contribution in [2.45, 2.75) is 41.8 Å². The van der Waals surface area contributed by atoms with E-state index in [-0.39, 0.29) is 10.5 Å². The number of aromatic nitrogens is 2. The molecule has 0 spiro atoms. The summed E-state index contributed by atoms with van der Waals surface area (Å²) < 4.78 is 26.2. The van der Waals surface area contributed by atoms with Crippen molar-refractivity contribution in [2.75, 3.05) is 0 Å². The molecule has 1 N–H and O–H groups in total. The smallest absolute Gasteiger partial charge is 0.156 e. The molecule has 6 heteroatoms. The first kappa shape index (κ1) is 12.3. The summed E-state index contributed by atoms with van der Waals surface area (Å²) >= 11 is 0. The third kappa shape index (κ3) is 1.58. The van der Waals surface area contributed by atoms with E-state index in [0.29, 0.717) is 25.7 Å². The monoisotopic (exact) mass is 292 g/mol. The fourth-order valence-corrected chi connectivity index (χ4v) is 6.17. The van der Waals surface area contributed by atoms with E-state index in [1.165, 1.54) is 0 Å². The molecule has 2 fully saturated rings. The van der Waals surface area contributed by atoms with Gasteiger partial charge in [-0.2, -0.15) is 0 Å². The largest absolute Gasteiger partial charge is 0.385 e. The summed E-state index contributed by atoms with van der Waals surface area (Å²) in [7, 11) is -3.02. The molecule has 2 aliphatic rings. The zero-order valence-corrected chi connectivity index (χ0v) is 11.8. The molecule has 2 unspecified atom stereocenters. The molecule has 0 radical (unpaired) electrons. The number of rotatable bonds is 1. The van der Waals surface area contributed by atoms with Gasteiger partial charge in [0.25, 0.3) is 0 Å². The van der Waals surface area contributed by atoms with Crippen molar-refractivity contribution >= 4 is 15.5 Å². The predicted molar refractivity (Wildman–Crippen MR) is 74.1 cm³/mol. The van der Waals surface area contributed by atoms with Crippen LogP contribution >= 0.6 is 0 Å². The summed E-state index contributed by atoms with van der Waals surface area (Å²) in [6.07, 6.45) is 7.39. The number of hydrogen-bond donors (Lipinski definition) is 1. The van der Waals surface area contributed by atoms with Gasteiger partial charge < -0.3 is 9.51 Å². The Kier molecular flexibility index (Phi) is 2.36. The van der Waals surface area contributed by atoms with Crippen LogP contribution in [0.4, 0.5) is 0 Å². The first-order chi connectivity index (χ1) is 9.49. The highest BCUT2D eigenvalue weighted by molar-refractivity contribution is 7.93. The van der Waals surface area contributed by atoms with Gasteiger partial charge in [-0.3, -0.25) is 0 Å². The minimum atomic E-state index is -3.02. The van der Waals surface area contributed by atoms with Crippen LogP contribution in [-0.4, -0.2) is 33.4 Å². The van der Waals surface area contributed by atoms with Gasteiger partial charge >= 0.3 is 0 Å². The van der Waals surface area contributed by atoms with E-state index < -0.39 is 15.4 Å². The highest BCUT2D eigenvalue weighted by atomic mass is 32.2. The Morgan fingerprint density at radius 1 is 1.25 bits per heavy atom. The van der Waals surface area contributed by atoms with Crippen molar-refractivity contribution in [3.05, 3.63) is 36.3 Å². The number of fused-ring (bicyclic) bond motifs is 3. The van der Waals surface area contributed by atoms with Crippen LogP contribution in [0.25, 0.3) is 5.65 Å². The second-order valence-corrected chi connectivity index (χ2v) is 8.47. The van der Waals surface area contributed by atoms with Crippen LogP contribution in [0.5, 0.6) is 0 Å². The normalized spacial score (nSPS) is 35.5. The molecule has 4 heterocycles. The Morgan fingerprint density at radius 3 is 2.65 bits per heavy atom. The zero-order chi connectivity index (χ0) is 14.0. The van der Waals surface area contributed by atoms with Gasteiger partial charge in [-0.05, 0) is 43.4 Å². The molecule has 0 aromatic carbocycles. The summed E-state index contributed by atoms with van der Waals surface area (Å²) in [5, 5.41) is 10.2. The van der Waals surface area contributed by atoms with Crippen LogP contribution in [0.1, 0.15) is 31.2 Å². The summed E-state index contributed by atoms with van der Waals surface area (Å²) in [6.45, 7) is 0. The average Bonchev–Trinajstić information content (AvgIpc) is 2.90. The van der Waals surface area contributed by atoms with Crippen molar-refractivity contribution in [3.63, 3.8) is 0 Å². The Bertz CT molecular complexity index is 761. The lowest BCUT2D eigenvalue weighted by atomic mass is 9.86. The molecule has 2 aliphatic heterocycles. The summed E-state index contributed by atoms with van der Waals surface area (Å²) in [6, 6.07) is 3.73. The van der Waals surface area contributed by atoms with Gasteiger partial charge in [0, 0.05) is 18.6 Å². The minimum absolute atomic E-state index is 0.308. The fourth-order valence-electron chi connectivity index (χ4n) is 3.68. The number of nitrogens with zero attached hydrogens (tertiary/aromatic N) is 2. The van der Waals surface area contributed by atoms with Crippen molar-refractivity contribution in [2.24, 2.45) is 0 Å². The van der Waals surface area contributed by atoms with Crippen LogP contribution in [0, 0.1) is 0 Å². The molecule has 20 heavy (non-hydrogen) atoms. The molecule has 2 aromatic heterocycles. The number of imidazole rings is 1. The van der Waals surface area contributed by atoms with E-state index in [2.05, 4.69) is 4.98 Å². The van der Waals surface area contributed by atoms with Gasteiger partial charge in [0.1, 0.15) is 5.65 Å². The molecule has 106 valence electrons. The number of sulfone groups is 1. The van der Waals surface area contributed by atoms with Crippen molar-refractivity contribution < 1.29 is 13.5 Å². The van der Waals surface area contributed by atoms with Crippen LogP contribution < -0.4 is 0 Å². The lowest BCUT2D eigenvalue weighted by Gasteiger charge is -2.36. The Hall–Kier alpha value is -1.40. The average molecular weight is 292 g/mol. The maximum absolute atomic E-state index is 12.1. The Balaban J connectivity index is 1.78. The number of hydrogen-bond acceptors (Lipinski definition) is 4. The first-order valence-corrected chi connectivity index (χ1v) is 8.48. The minimum Gasteiger partial charge on any atom is -0.385 e. The van der Waals surface area contributed by atoms with Gasteiger partial charge in [0.05, 0.1) is 16.1 Å². The SMILES string of the molecule is O=S1(=O)C2CCC1CC(O)(c1ccn3ccnc3c1)C2. The lowest BCUT2D eigenvalue weighted by Crippen LogP contribution is -2.43. The maximum Gasteiger partial charge on any atom is 0.156 e. The van der Waals surface area contributed by atoms with E-state index in [9.17, 15) is 13.5 Å². The summed E-state index contributed by atoms with van der Waals surface area (Å²) in [5.41, 5.74) is 0.518. The zero-order valence-electron chi connectivity index (χ0n) is 10.9. The number of pyridine rings is 1. The Labute approximate surface area is 117 Å². The van der Waals surface area contributed by atoms with Crippen LogP contribution in [0.15, 0.2) is 30.7 Å². The standard InChI is InChI=1S/C14H16N2O3S/c17-14(8-11-1-2-12(9-14)20(11,18)19)10-3-5-16-6-4-15-13(16)7-10/h3-7,11-12,17H,1-2,8-9H2. The highest BCUT2D eigenvalue weighted by Crippen LogP contribution is 2.47. The fraction of sp³-hybridized carbons (Fsp3) is 0.500. The van der Waals surface area contributed by atoms with Crippen LogP contribution in [-0.2, 0) is 15.4 Å². The van der Waals surface area contributed by atoms with Crippen LogP contribution in [0.3, 0.4) is 0 Å². The van der Waals surface area contributed by atoms with E-state index >= 15 is 0 Å². The second kappa shape index (κ2) is 3.83. The molecule has 2 saturated heterocycles. The van der Waals surface area contributed by atoms with Crippen LogP contribution in [0.2, 0.25) is 0 Å². The molecule has 0 amide bonds. The van der Waals surface area contributed by atoms with Crippen molar-refractivity contribution in [1.29, 1.82) is 0 Å². The van der Waals surface area contributed by atoms with E-state index in [1.807, 2.05) is 28.9 Å². The third-order valence-corrected chi connectivity index (χ3v) is 7.47. The molecular formula is C14H16N2O3S. The van der Waals surface area contributed by atoms with E-state index in [0.717, 1.165) is 11.2 Å². The van der Waals surface area contributed by atoms with Gasteiger partial charge in [-0.1, -0.05) is 0 Å². The number of aliphatic hydroxyl groups is 1. The molecule has 0 aliphatic carbocycles. The van der Waals surface area contributed by atoms with Gasteiger partial charge in [0.2, 0.25) is 0 Å². The molecule has 2 aromatic rings. The van der Waals surface area contributed by atoms with Gasteiger partial charge in [-0.15, -0.1) is 0 Å². The van der Waals surface area contributed by atoms with E-state index in [4.69, 9.17) is 0 Å². The van der Waals surface area contributed by atoms with Crippen molar-refractivity contribution in [1.82, 2.24) is 9.38 Å². The molecule has 0 saturated carbocycles.